The van der Waals surface area contributed by atoms with Crippen LogP contribution >= 0.6 is 15.9 Å². The molecule has 2 N–H and O–H groups in total. The number of carbonyl (C=O) groups is 1. The maximum atomic E-state index is 11.9. The molecule has 0 spiro atoms. The van der Waals surface area contributed by atoms with E-state index < -0.39 is 0 Å². The van der Waals surface area contributed by atoms with E-state index in [2.05, 4.69) is 33.5 Å². The lowest BCUT2D eigenvalue weighted by molar-refractivity contribution is -0.114. The lowest BCUT2D eigenvalue weighted by Crippen LogP contribution is -2.21. The molecule has 122 valence electrons. The van der Waals surface area contributed by atoms with Crippen LogP contribution in [0.25, 0.3) is 0 Å². The van der Waals surface area contributed by atoms with Crippen LogP contribution in [0.5, 0.6) is 5.75 Å². The average molecular weight is 377 g/mol. The lowest BCUT2D eigenvalue weighted by Gasteiger charge is -2.09. The first kappa shape index (κ1) is 17.3. The maximum absolute atomic E-state index is 11.9. The average Bonchev–Trinajstić information content (AvgIpc) is 2.54. The Labute approximate surface area is 145 Å². The molecule has 0 unspecified atom stereocenters. The van der Waals surface area contributed by atoms with Gasteiger partial charge in [0.15, 0.2) is 0 Å². The fourth-order valence-electron chi connectivity index (χ4n) is 1.96. The number of rotatable bonds is 8. The molecule has 0 radical (unpaired) electrons. The van der Waals surface area contributed by atoms with Crippen molar-refractivity contribution in [1.29, 1.82) is 0 Å². The van der Waals surface area contributed by atoms with Crippen LogP contribution < -0.4 is 15.4 Å². The SMILES string of the molecule is CCCCOc1ccc(NCC(=O)Nc2cccc(Br)c2)cc1. The molecular formula is C18H21BrN2O2. The number of hydrogen-bond acceptors (Lipinski definition) is 3. The predicted octanol–water partition coefficient (Wildman–Crippen LogP) is 4.68. The highest BCUT2D eigenvalue weighted by Gasteiger charge is 2.03. The number of amides is 1. The molecule has 1 amide bonds. The lowest BCUT2D eigenvalue weighted by atomic mass is 10.3. The van der Waals surface area contributed by atoms with Crippen LogP contribution in [0, 0.1) is 0 Å². The molecule has 2 rings (SSSR count). The number of unbranched alkanes of at least 4 members (excludes halogenated alkanes) is 1. The first-order chi connectivity index (χ1) is 11.2. The molecule has 0 saturated heterocycles. The van der Waals surface area contributed by atoms with Crippen molar-refractivity contribution in [2.24, 2.45) is 0 Å². The molecule has 0 bridgehead atoms. The minimum Gasteiger partial charge on any atom is -0.494 e. The van der Waals surface area contributed by atoms with E-state index in [1.54, 1.807) is 0 Å². The quantitative estimate of drug-likeness (QED) is 0.657. The minimum absolute atomic E-state index is 0.0913. The molecule has 2 aromatic carbocycles. The Balaban J connectivity index is 1.77. The molecule has 5 heteroatoms. The number of benzene rings is 2. The van der Waals surface area contributed by atoms with Crippen LogP contribution in [0.3, 0.4) is 0 Å². The van der Waals surface area contributed by atoms with Gasteiger partial charge < -0.3 is 15.4 Å². The zero-order chi connectivity index (χ0) is 16.5. The van der Waals surface area contributed by atoms with Gasteiger partial charge in [0.25, 0.3) is 0 Å². The number of nitrogens with one attached hydrogen (secondary N) is 2. The van der Waals surface area contributed by atoms with E-state index >= 15 is 0 Å². The summed E-state index contributed by atoms with van der Waals surface area (Å²) in [5, 5.41) is 5.94. The minimum atomic E-state index is -0.0913. The maximum Gasteiger partial charge on any atom is 0.243 e. The van der Waals surface area contributed by atoms with Crippen LogP contribution in [-0.4, -0.2) is 19.1 Å². The molecule has 4 nitrogen and oxygen atoms in total. The van der Waals surface area contributed by atoms with Crippen molar-refractivity contribution >= 4 is 33.2 Å². The van der Waals surface area contributed by atoms with Crippen molar-refractivity contribution in [2.75, 3.05) is 23.8 Å². The molecule has 0 aliphatic heterocycles. The Kier molecular flexibility index (Phi) is 6.94. The highest BCUT2D eigenvalue weighted by atomic mass is 79.9. The van der Waals surface area contributed by atoms with E-state index in [1.165, 1.54) is 0 Å². The number of carbonyl (C=O) groups excluding carboxylic acids is 1. The summed E-state index contributed by atoms with van der Waals surface area (Å²) in [4.78, 5) is 11.9. The van der Waals surface area contributed by atoms with E-state index in [9.17, 15) is 4.79 Å². The summed E-state index contributed by atoms with van der Waals surface area (Å²) < 4.78 is 6.54. The van der Waals surface area contributed by atoms with Crippen LogP contribution in [0.1, 0.15) is 19.8 Å². The zero-order valence-corrected chi connectivity index (χ0v) is 14.7. The van der Waals surface area contributed by atoms with Gasteiger partial charge >= 0.3 is 0 Å². The zero-order valence-electron chi connectivity index (χ0n) is 13.1. The smallest absolute Gasteiger partial charge is 0.243 e. The van der Waals surface area contributed by atoms with Gasteiger partial charge in [-0.25, -0.2) is 0 Å². The standard InChI is InChI=1S/C18H21BrN2O2/c1-2-3-11-23-17-9-7-15(8-10-17)20-13-18(22)21-16-6-4-5-14(19)12-16/h4-10,12,20H,2-3,11,13H2,1H3,(H,21,22). The summed E-state index contributed by atoms with van der Waals surface area (Å²) >= 11 is 3.38. The van der Waals surface area contributed by atoms with Gasteiger partial charge in [0.1, 0.15) is 5.75 Å². The largest absolute Gasteiger partial charge is 0.494 e. The number of ether oxygens (including phenoxy) is 1. The fraction of sp³-hybridized carbons (Fsp3) is 0.278. The third kappa shape index (κ3) is 6.32. The topological polar surface area (TPSA) is 50.4 Å². The Morgan fingerprint density at radius 2 is 1.91 bits per heavy atom. The Morgan fingerprint density at radius 3 is 2.61 bits per heavy atom. The second-order valence-corrected chi connectivity index (χ2v) is 6.05. The van der Waals surface area contributed by atoms with Crippen LogP contribution in [0.15, 0.2) is 53.0 Å². The van der Waals surface area contributed by atoms with Crippen LogP contribution in [-0.2, 0) is 4.79 Å². The molecule has 0 heterocycles. The fourth-order valence-corrected chi connectivity index (χ4v) is 2.36. The molecule has 23 heavy (non-hydrogen) atoms. The number of halogens is 1. The van der Waals surface area contributed by atoms with Gasteiger partial charge in [-0.05, 0) is 48.9 Å². The first-order valence-electron chi connectivity index (χ1n) is 7.69. The van der Waals surface area contributed by atoms with Crippen molar-refractivity contribution in [3.05, 3.63) is 53.0 Å². The third-order valence-corrected chi connectivity index (χ3v) is 3.68. The van der Waals surface area contributed by atoms with Gasteiger partial charge in [-0.1, -0.05) is 35.3 Å². The molecule has 0 aliphatic carbocycles. The molecular weight excluding hydrogens is 356 g/mol. The summed E-state index contributed by atoms with van der Waals surface area (Å²) in [6, 6.07) is 15.1. The van der Waals surface area contributed by atoms with Crippen molar-refractivity contribution in [3.63, 3.8) is 0 Å². The predicted molar refractivity (Wildman–Crippen MR) is 98.1 cm³/mol. The normalized spacial score (nSPS) is 10.2. The molecule has 0 fully saturated rings. The molecule has 0 aromatic heterocycles. The Bertz CT molecular complexity index is 629. The van der Waals surface area contributed by atoms with Gasteiger partial charge in [0.2, 0.25) is 5.91 Å². The van der Waals surface area contributed by atoms with E-state index in [4.69, 9.17) is 4.74 Å². The third-order valence-electron chi connectivity index (χ3n) is 3.18. The Morgan fingerprint density at radius 1 is 1.13 bits per heavy atom. The summed E-state index contributed by atoms with van der Waals surface area (Å²) in [6.45, 7) is 3.08. The van der Waals surface area contributed by atoms with Crippen molar-refractivity contribution in [2.45, 2.75) is 19.8 Å². The van der Waals surface area contributed by atoms with E-state index in [-0.39, 0.29) is 12.5 Å². The molecule has 0 atom stereocenters. The van der Waals surface area contributed by atoms with Crippen LogP contribution in [0.2, 0.25) is 0 Å². The molecule has 0 saturated carbocycles. The summed E-state index contributed by atoms with van der Waals surface area (Å²) in [5.74, 6) is 0.758. The van der Waals surface area contributed by atoms with Gasteiger partial charge in [0.05, 0.1) is 13.2 Å². The monoisotopic (exact) mass is 376 g/mol. The van der Waals surface area contributed by atoms with E-state index in [0.717, 1.165) is 41.0 Å². The highest BCUT2D eigenvalue weighted by Crippen LogP contribution is 2.17. The van der Waals surface area contributed by atoms with Gasteiger partial charge in [-0.3, -0.25) is 4.79 Å². The molecule has 2 aromatic rings. The van der Waals surface area contributed by atoms with Crippen molar-refractivity contribution in [3.8, 4) is 5.75 Å². The second kappa shape index (κ2) is 9.20. The van der Waals surface area contributed by atoms with Crippen molar-refractivity contribution in [1.82, 2.24) is 0 Å². The van der Waals surface area contributed by atoms with Gasteiger partial charge in [-0.2, -0.15) is 0 Å². The first-order valence-corrected chi connectivity index (χ1v) is 8.49. The van der Waals surface area contributed by atoms with Crippen LogP contribution in [0.4, 0.5) is 11.4 Å². The highest BCUT2D eigenvalue weighted by molar-refractivity contribution is 9.10. The second-order valence-electron chi connectivity index (χ2n) is 5.14. The number of anilines is 2. The summed E-state index contributed by atoms with van der Waals surface area (Å²) in [7, 11) is 0. The Hall–Kier alpha value is -2.01. The van der Waals surface area contributed by atoms with Gasteiger partial charge in [0, 0.05) is 15.8 Å². The number of hydrogen-bond donors (Lipinski definition) is 2. The summed E-state index contributed by atoms with van der Waals surface area (Å²) in [6.07, 6.45) is 2.17. The summed E-state index contributed by atoms with van der Waals surface area (Å²) in [5.41, 5.74) is 1.66. The van der Waals surface area contributed by atoms with Gasteiger partial charge in [-0.15, -0.1) is 0 Å². The van der Waals surface area contributed by atoms with E-state index in [1.807, 2.05) is 48.5 Å². The van der Waals surface area contributed by atoms with E-state index in [0.29, 0.717) is 0 Å². The molecule has 0 aliphatic rings. The van der Waals surface area contributed by atoms with Crippen molar-refractivity contribution < 1.29 is 9.53 Å².